The van der Waals surface area contributed by atoms with Gasteiger partial charge in [0.05, 0.1) is 11.0 Å². The van der Waals surface area contributed by atoms with E-state index in [4.69, 9.17) is 0 Å². The topological polar surface area (TPSA) is 29.9 Å². The van der Waals surface area contributed by atoms with Gasteiger partial charge in [-0.1, -0.05) is 31.9 Å². The summed E-state index contributed by atoms with van der Waals surface area (Å²) in [5.74, 6) is 2.00. The van der Waals surface area contributed by atoms with E-state index in [1.165, 1.54) is 31.2 Å². The molecule has 0 saturated heterocycles. The van der Waals surface area contributed by atoms with Crippen molar-refractivity contribution in [2.75, 3.05) is 6.54 Å². The zero-order valence-electron chi connectivity index (χ0n) is 12.6. The summed E-state index contributed by atoms with van der Waals surface area (Å²) in [7, 11) is 0. The second kappa shape index (κ2) is 5.96. The molecule has 108 valence electrons. The lowest BCUT2D eigenvalue weighted by atomic mass is 10.0. The van der Waals surface area contributed by atoms with E-state index >= 15 is 0 Å². The summed E-state index contributed by atoms with van der Waals surface area (Å²) in [5, 5.41) is 3.76. The van der Waals surface area contributed by atoms with E-state index in [1.54, 1.807) is 0 Å². The number of hydrogen-bond acceptors (Lipinski definition) is 2. The molecule has 20 heavy (non-hydrogen) atoms. The lowest BCUT2D eigenvalue weighted by Gasteiger charge is -2.20. The maximum absolute atomic E-state index is 4.63. The highest BCUT2D eigenvalue weighted by Gasteiger charge is 2.24. The van der Waals surface area contributed by atoms with Crippen molar-refractivity contribution in [2.45, 2.75) is 52.1 Å². The van der Waals surface area contributed by atoms with Crippen molar-refractivity contribution in [3.8, 4) is 0 Å². The van der Waals surface area contributed by atoms with Crippen molar-refractivity contribution in [2.24, 2.45) is 5.92 Å². The summed E-state index contributed by atoms with van der Waals surface area (Å²) in [6.45, 7) is 6.48. The Balaban J connectivity index is 1.64. The number of aryl methyl sites for hydroxylation is 1. The van der Waals surface area contributed by atoms with E-state index in [0.29, 0.717) is 0 Å². The minimum Gasteiger partial charge on any atom is -0.327 e. The molecule has 2 atom stereocenters. The van der Waals surface area contributed by atoms with E-state index in [2.05, 4.69) is 53.0 Å². The number of aromatic nitrogens is 2. The lowest BCUT2D eigenvalue weighted by Crippen LogP contribution is -2.34. The molecule has 0 bridgehead atoms. The molecule has 1 aromatic carbocycles. The molecule has 3 rings (SSSR count). The fourth-order valence-electron chi connectivity index (χ4n) is 3.63. The SMILES string of the molecule is CCC1CCCC1NCCn1c(C)nc2ccccc21. The third-order valence-electron chi connectivity index (χ3n) is 4.77. The fraction of sp³-hybridized carbons (Fsp3) is 0.588. The molecule has 1 fully saturated rings. The third-order valence-corrected chi connectivity index (χ3v) is 4.77. The Kier molecular flexibility index (Phi) is 4.06. The maximum Gasteiger partial charge on any atom is 0.106 e. The van der Waals surface area contributed by atoms with Crippen LogP contribution in [0, 0.1) is 12.8 Å². The van der Waals surface area contributed by atoms with E-state index in [1.807, 2.05) is 0 Å². The molecule has 3 heteroatoms. The Morgan fingerprint density at radius 3 is 3.00 bits per heavy atom. The number of fused-ring (bicyclic) bond motifs is 1. The molecule has 0 radical (unpaired) electrons. The Hall–Kier alpha value is -1.35. The van der Waals surface area contributed by atoms with Crippen molar-refractivity contribution in [1.82, 2.24) is 14.9 Å². The molecule has 1 aliphatic carbocycles. The summed E-state index contributed by atoms with van der Waals surface area (Å²) in [6.07, 6.45) is 5.46. The molecule has 1 N–H and O–H groups in total. The number of imidazole rings is 1. The minimum atomic E-state index is 0.732. The van der Waals surface area contributed by atoms with Gasteiger partial charge < -0.3 is 9.88 Å². The monoisotopic (exact) mass is 271 g/mol. The van der Waals surface area contributed by atoms with Gasteiger partial charge in [0.25, 0.3) is 0 Å². The van der Waals surface area contributed by atoms with Gasteiger partial charge in [0, 0.05) is 19.1 Å². The van der Waals surface area contributed by atoms with Crippen LogP contribution in [0.15, 0.2) is 24.3 Å². The Bertz CT molecular complexity index is 573. The van der Waals surface area contributed by atoms with Gasteiger partial charge in [-0.2, -0.15) is 0 Å². The first-order chi connectivity index (χ1) is 9.79. The molecular formula is C17H25N3. The molecule has 2 aromatic rings. The first kappa shape index (κ1) is 13.6. The predicted molar refractivity (Wildman–Crippen MR) is 83.9 cm³/mol. The number of hydrogen-bond donors (Lipinski definition) is 1. The van der Waals surface area contributed by atoms with Crippen LogP contribution in [0.3, 0.4) is 0 Å². The van der Waals surface area contributed by atoms with Crippen molar-refractivity contribution in [3.63, 3.8) is 0 Å². The lowest BCUT2D eigenvalue weighted by molar-refractivity contribution is 0.384. The molecular weight excluding hydrogens is 246 g/mol. The molecule has 3 nitrogen and oxygen atoms in total. The van der Waals surface area contributed by atoms with Crippen LogP contribution in [-0.4, -0.2) is 22.1 Å². The standard InChI is InChI=1S/C17H25N3/c1-3-14-7-6-9-15(14)18-11-12-20-13(2)19-16-8-4-5-10-17(16)20/h4-5,8,10,14-15,18H,3,6-7,9,11-12H2,1-2H3. The van der Waals surface area contributed by atoms with Crippen LogP contribution in [0.2, 0.25) is 0 Å². The Morgan fingerprint density at radius 1 is 1.30 bits per heavy atom. The summed E-state index contributed by atoms with van der Waals surface area (Å²) in [5.41, 5.74) is 2.36. The molecule has 1 heterocycles. The highest BCUT2D eigenvalue weighted by Crippen LogP contribution is 2.27. The molecule has 0 spiro atoms. The smallest absolute Gasteiger partial charge is 0.106 e. The van der Waals surface area contributed by atoms with Crippen molar-refractivity contribution in [1.29, 1.82) is 0 Å². The van der Waals surface area contributed by atoms with Gasteiger partial charge in [-0.25, -0.2) is 4.98 Å². The average molecular weight is 271 g/mol. The van der Waals surface area contributed by atoms with E-state index in [0.717, 1.165) is 36.4 Å². The fourth-order valence-corrected chi connectivity index (χ4v) is 3.63. The Labute approximate surface area is 121 Å². The largest absolute Gasteiger partial charge is 0.327 e. The van der Waals surface area contributed by atoms with Crippen LogP contribution >= 0.6 is 0 Å². The van der Waals surface area contributed by atoms with Crippen LogP contribution in [0.25, 0.3) is 11.0 Å². The first-order valence-corrected chi connectivity index (χ1v) is 7.95. The number of para-hydroxylation sites is 2. The highest BCUT2D eigenvalue weighted by atomic mass is 15.1. The van der Waals surface area contributed by atoms with Crippen LogP contribution < -0.4 is 5.32 Å². The van der Waals surface area contributed by atoms with E-state index in [9.17, 15) is 0 Å². The molecule has 2 unspecified atom stereocenters. The average Bonchev–Trinajstić information content (AvgIpc) is 3.03. The molecule has 0 aliphatic heterocycles. The Morgan fingerprint density at radius 2 is 2.15 bits per heavy atom. The van der Waals surface area contributed by atoms with Gasteiger partial charge in [-0.3, -0.25) is 0 Å². The van der Waals surface area contributed by atoms with Gasteiger partial charge in [-0.05, 0) is 37.8 Å². The van der Waals surface area contributed by atoms with Crippen LogP contribution in [0.1, 0.15) is 38.4 Å². The second-order valence-corrected chi connectivity index (χ2v) is 5.96. The summed E-state index contributed by atoms with van der Waals surface area (Å²) in [4.78, 5) is 4.63. The van der Waals surface area contributed by atoms with Crippen LogP contribution in [-0.2, 0) is 6.54 Å². The zero-order chi connectivity index (χ0) is 13.9. The van der Waals surface area contributed by atoms with Gasteiger partial charge in [0.15, 0.2) is 0 Å². The van der Waals surface area contributed by atoms with E-state index < -0.39 is 0 Å². The third kappa shape index (κ3) is 2.59. The summed E-state index contributed by atoms with van der Waals surface area (Å²) in [6, 6.07) is 9.14. The van der Waals surface area contributed by atoms with E-state index in [-0.39, 0.29) is 0 Å². The van der Waals surface area contributed by atoms with Gasteiger partial charge in [0.2, 0.25) is 0 Å². The van der Waals surface area contributed by atoms with Gasteiger partial charge in [-0.15, -0.1) is 0 Å². The molecule has 1 saturated carbocycles. The van der Waals surface area contributed by atoms with Gasteiger partial charge >= 0.3 is 0 Å². The summed E-state index contributed by atoms with van der Waals surface area (Å²) >= 11 is 0. The normalized spacial score (nSPS) is 22.7. The predicted octanol–water partition coefficient (Wildman–Crippen LogP) is 3.51. The highest BCUT2D eigenvalue weighted by molar-refractivity contribution is 5.75. The maximum atomic E-state index is 4.63. The number of nitrogens with zero attached hydrogens (tertiary/aromatic N) is 2. The minimum absolute atomic E-state index is 0.732. The van der Waals surface area contributed by atoms with Crippen molar-refractivity contribution in [3.05, 3.63) is 30.1 Å². The van der Waals surface area contributed by atoms with Crippen LogP contribution in [0.5, 0.6) is 0 Å². The zero-order valence-corrected chi connectivity index (χ0v) is 12.6. The molecule has 1 aliphatic rings. The first-order valence-electron chi connectivity index (χ1n) is 7.95. The second-order valence-electron chi connectivity index (χ2n) is 5.96. The van der Waals surface area contributed by atoms with Crippen molar-refractivity contribution >= 4 is 11.0 Å². The molecule has 1 aromatic heterocycles. The quantitative estimate of drug-likeness (QED) is 0.902. The van der Waals surface area contributed by atoms with Gasteiger partial charge in [0.1, 0.15) is 5.82 Å². The number of nitrogens with one attached hydrogen (secondary N) is 1. The van der Waals surface area contributed by atoms with Crippen molar-refractivity contribution < 1.29 is 0 Å². The summed E-state index contributed by atoms with van der Waals surface area (Å²) < 4.78 is 2.33. The van der Waals surface area contributed by atoms with Crippen LogP contribution in [0.4, 0.5) is 0 Å². The number of rotatable bonds is 5. The molecule has 0 amide bonds. The number of benzene rings is 1.